The normalized spacial score (nSPS) is 16.9. The average Bonchev–Trinajstić information content (AvgIpc) is 2.87. The van der Waals surface area contributed by atoms with Crippen LogP contribution in [0.2, 0.25) is 0 Å². The molecule has 0 aliphatic carbocycles. The van der Waals surface area contributed by atoms with Crippen molar-refractivity contribution in [3.05, 3.63) is 74.1 Å². The molecule has 0 saturated heterocycles. The molecule has 0 unspecified atom stereocenters. The van der Waals surface area contributed by atoms with Gasteiger partial charge in [0.25, 0.3) is 11.6 Å². The van der Waals surface area contributed by atoms with Gasteiger partial charge in [0.15, 0.2) is 11.5 Å². The van der Waals surface area contributed by atoms with E-state index in [0.717, 1.165) is 4.90 Å². The van der Waals surface area contributed by atoms with Gasteiger partial charge >= 0.3 is 0 Å². The number of nitro benzene ring substituents is 1. The van der Waals surface area contributed by atoms with E-state index in [9.17, 15) is 24.8 Å². The fourth-order valence-corrected chi connectivity index (χ4v) is 3.07. The zero-order valence-electron chi connectivity index (χ0n) is 13.4. The van der Waals surface area contributed by atoms with E-state index < -0.39 is 28.4 Å². The highest BCUT2D eigenvalue weighted by Crippen LogP contribution is 2.41. The number of Topliss-reactive ketones (excluding diaryl/α,β-unsaturated/α-hetero) is 1. The Bertz CT molecular complexity index is 955. The first-order valence-corrected chi connectivity index (χ1v) is 8.24. The van der Waals surface area contributed by atoms with E-state index >= 15 is 0 Å². The third-order valence-corrected chi connectivity index (χ3v) is 4.41. The van der Waals surface area contributed by atoms with Crippen LogP contribution >= 0.6 is 15.9 Å². The van der Waals surface area contributed by atoms with Crippen LogP contribution in [-0.2, 0) is 9.59 Å². The SMILES string of the molecule is CC(=O)C1=C(O)C(=O)N(c2ccc(Br)cn2)[C@@H]1c1cccc([N+](=O)[O-])c1. The van der Waals surface area contributed by atoms with Crippen LogP contribution in [0, 0.1) is 10.1 Å². The summed E-state index contributed by atoms with van der Waals surface area (Å²) in [7, 11) is 0. The standard InChI is InChI=1S/C17H12BrN3O5/c1-9(22)14-15(10-3-2-4-12(7-10)21(25)26)20(17(24)16(14)23)13-6-5-11(18)8-19-13/h2-8,15,23H,1H3/t15-/m1/s1. The fourth-order valence-electron chi connectivity index (χ4n) is 2.84. The molecule has 132 valence electrons. The van der Waals surface area contributed by atoms with Gasteiger partial charge in [-0.3, -0.25) is 24.6 Å². The molecule has 0 fully saturated rings. The number of pyridine rings is 1. The van der Waals surface area contributed by atoms with Crippen LogP contribution in [0.15, 0.2) is 58.4 Å². The maximum Gasteiger partial charge on any atom is 0.295 e. The van der Waals surface area contributed by atoms with Crippen molar-refractivity contribution in [3.63, 3.8) is 0 Å². The van der Waals surface area contributed by atoms with Crippen LogP contribution in [-0.4, -0.2) is 26.7 Å². The van der Waals surface area contributed by atoms with Crippen molar-refractivity contribution in [3.8, 4) is 0 Å². The molecule has 1 amide bonds. The third-order valence-electron chi connectivity index (χ3n) is 3.94. The van der Waals surface area contributed by atoms with Crippen LogP contribution in [0.5, 0.6) is 0 Å². The maximum atomic E-state index is 12.6. The molecule has 1 aliphatic heterocycles. The quantitative estimate of drug-likeness (QED) is 0.603. The van der Waals surface area contributed by atoms with Gasteiger partial charge in [-0.2, -0.15) is 0 Å². The highest BCUT2D eigenvalue weighted by Gasteiger charge is 2.44. The lowest BCUT2D eigenvalue weighted by Crippen LogP contribution is -2.31. The van der Waals surface area contributed by atoms with Gasteiger partial charge in [0.2, 0.25) is 0 Å². The molecule has 1 atom stereocenters. The van der Waals surface area contributed by atoms with E-state index in [2.05, 4.69) is 20.9 Å². The van der Waals surface area contributed by atoms with Crippen LogP contribution in [0.1, 0.15) is 18.5 Å². The van der Waals surface area contributed by atoms with Crippen LogP contribution in [0.3, 0.4) is 0 Å². The molecule has 0 bridgehead atoms. The van der Waals surface area contributed by atoms with Gasteiger partial charge in [-0.05, 0) is 40.5 Å². The number of hydrogen-bond acceptors (Lipinski definition) is 6. The Balaban J connectivity index is 2.19. The predicted molar refractivity (Wildman–Crippen MR) is 95.6 cm³/mol. The second-order valence-corrected chi connectivity index (χ2v) is 6.50. The maximum absolute atomic E-state index is 12.6. The zero-order valence-corrected chi connectivity index (χ0v) is 15.0. The Morgan fingerprint density at radius 2 is 2.08 bits per heavy atom. The number of aliphatic hydroxyl groups is 1. The minimum absolute atomic E-state index is 0.125. The Hall–Kier alpha value is -3.07. The Labute approximate surface area is 156 Å². The van der Waals surface area contributed by atoms with Crippen molar-refractivity contribution in [1.29, 1.82) is 0 Å². The predicted octanol–water partition coefficient (Wildman–Crippen LogP) is 3.24. The Kier molecular flexibility index (Phi) is 4.56. The molecule has 0 spiro atoms. The van der Waals surface area contributed by atoms with E-state index in [4.69, 9.17) is 0 Å². The first-order chi connectivity index (χ1) is 12.3. The number of nitro groups is 1. The van der Waals surface area contributed by atoms with Crippen molar-refractivity contribution in [2.75, 3.05) is 4.90 Å². The smallest absolute Gasteiger partial charge is 0.295 e. The van der Waals surface area contributed by atoms with Crippen molar-refractivity contribution in [2.45, 2.75) is 13.0 Å². The summed E-state index contributed by atoms with van der Waals surface area (Å²) in [6.07, 6.45) is 1.47. The Morgan fingerprint density at radius 3 is 2.65 bits per heavy atom. The van der Waals surface area contributed by atoms with Gasteiger partial charge in [0, 0.05) is 22.8 Å². The summed E-state index contributed by atoms with van der Waals surface area (Å²) in [5.41, 5.74) is 0.0136. The molecule has 26 heavy (non-hydrogen) atoms. The number of nitrogens with zero attached hydrogens (tertiary/aromatic N) is 3. The minimum atomic E-state index is -1.01. The van der Waals surface area contributed by atoms with E-state index in [1.165, 1.54) is 31.3 Å². The number of non-ortho nitro benzene ring substituents is 1. The molecule has 1 N–H and O–H groups in total. The molecule has 0 radical (unpaired) electrons. The van der Waals surface area contributed by atoms with Gasteiger partial charge in [0.05, 0.1) is 16.5 Å². The number of benzene rings is 1. The van der Waals surface area contributed by atoms with E-state index in [1.54, 1.807) is 18.2 Å². The van der Waals surface area contributed by atoms with Gasteiger partial charge in [-0.25, -0.2) is 4.98 Å². The van der Waals surface area contributed by atoms with Crippen LogP contribution in [0.25, 0.3) is 0 Å². The molecular formula is C17H12BrN3O5. The minimum Gasteiger partial charge on any atom is -0.503 e. The topological polar surface area (TPSA) is 114 Å². The monoisotopic (exact) mass is 417 g/mol. The number of rotatable bonds is 4. The largest absolute Gasteiger partial charge is 0.503 e. The molecule has 1 aromatic carbocycles. The molecule has 1 aliphatic rings. The fraction of sp³-hybridized carbons (Fsp3) is 0.118. The molecule has 3 rings (SSSR count). The van der Waals surface area contributed by atoms with Gasteiger partial charge in [0.1, 0.15) is 5.82 Å². The van der Waals surface area contributed by atoms with E-state index in [1.807, 2.05) is 0 Å². The number of aromatic nitrogens is 1. The second-order valence-electron chi connectivity index (χ2n) is 5.58. The number of carbonyl (C=O) groups is 2. The zero-order chi connectivity index (χ0) is 19.0. The number of carbonyl (C=O) groups excluding carboxylic acids is 2. The molecule has 2 heterocycles. The number of anilines is 1. The summed E-state index contributed by atoms with van der Waals surface area (Å²) in [5.74, 6) is -1.77. The van der Waals surface area contributed by atoms with Crippen LogP contribution in [0.4, 0.5) is 11.5 Å². The van der Waals surface area contributed by atoms with Crippen molar-refractivity contribution in [2.24, 2.45) is 0 Å². The lowest BCUT2D eigenvalue weighted by molar-refractivity contribution is -0.384. The lowest BCUT2D eigenvalue weighted by Gasteiger charge is -2.25. The number of amides is 1. The summed E-state index contributed by atoms with van der Waals surface area (Å²) >= 11 is 3.25. The highest BCUT2D eigenvalue weighted by atomic mass is 79.9. The summed E-state index contributed by atoms with van der Waals surface area (Å²) in [4.78, 5) is 40.5. The van der Waals surface area contributed by atoms with Gasteiger partial charge in [-0.15, -0.1) is 0 Å². The lowest BCUT2D eigenvalue weighted by atomic mass is 9.96. The molecule has 9 heteroatoms. The summed E-state index contributed by atoms with van der Waals surface area (Å²) in [6, 6.07) is 7.78. The van der Waals surface area contributed by atoms with Crippen molar-refractivity contribution >= 4 is 39.1 Å². The molecule has 2 aromatic rings. The van der Waals surface area contributed by atoms with Crippen molar-refractivity contribution < 1.29 is 19.6 Å². The number of ketones is 1. The molecule has 8 nitrogen and oxygen atoms in total. The number of halogens is 1. The molecule has 0 saturated carbocycles. The highest BCUT2D eigenvalue weighted by molar-refractivity contribution is 9.10. The van der Waals surface area contributed by atoms with Gasteiger partial charge < -0.3 is 5.11 Å². The number of aliphatic hydroxyl groups excluding tert-OH is 1. The van der Waals surface area contributed by atoms with Crippen molar-refractivity contribution in [1.82, 2.24) is 4.98 Å². The molecule has 1 aromatic heterocycles. The summed E-state index contributed by atoms with van der Waals surface area (Å²) in [6.45, 7) is 1.22. The average molecular weight is 418 g/mol. The third kappa shape index (κ3) is 2.97. The summed E-state index contributed by atoms with van der Waals surface area (Å²) < 4.78 is 0.684. The van der Waals surface area contributed by atoms with Crippen LogP contribution < -0.4 is 4.90 Å². The first-order valence-electron chi connectivity index (χ1n) is 7.44. The van der Waals surface area contributed by atoms with Gasteiger partial charge in [-0.1, -0.05) is 12.1 Å². The summed E-state index contributed by atoms with van der Waals surface area (Å²) in [5, 5.41) is 21.3. The van der Waals surface area contributed by atoms with E-state index in [0.29, 0.717) is 10.0 Å². The second kappa shape index (κ2) is 6.68. The number of hydrogen-bond donors (Lipinski definition) is 1. The van der Waals surface area contributed by atoms with E-state index in [-0.39, 0.29) is 17.1 Å². The Morgan fingerprint density at radius 1 is 1.35 bits per heavy atom. The first kappa shape index (κ1) is 17.7. The molecular weight excluding hydrogens is 406 g/mol.